The van der Waals surface area contributed by atoms with Gasteiger partial charge in [-0.05, 0) is 50.1 Å². The molecule has 0 saturated carbocycles. The smallest absolute Gasteiger partial charge is 0.262 e. The Hall–Kier alpha value is -2.34. The first kappa shape index (κ1) is 19.0. The number of aryl methyl sites for hydroxylation is 2. The zero-order chi connectivity index (χ0) is 18.4. The second-order valence-electron chi connectivity index (χ2n) is 6.06. The van der Waals surface area contributed by atoms with Gasteiger partial charge in [0.05, 0.1) is 4.90 Å². The lowest BCUT2D eigenvalue weighted by Gasteiger charge is -2.12. The molecule has 2 N–H and O–H groups in total. The van der Waals surface area contributed by atoms with E-state index in [1.807, 2.05) is 26.0 Å². The first-order chi connectivity index (χ1) is 11.8. The summed E-state index contributed by atoms with van der Waals surface area (Å²) in [5.41, 5.74) is 2.46. The third-order valence-electron chi connectivity index (χ3n) is 3.86. The molecule has 1 amide bonds. The average Bonchev–Trinajstić information content (AvgIpc) is 2.57. The summed E-state index contributed by atoms with van der Waals surface area (Å²) in [6.07, 6.45) is 1.87. The van der Waals surface area contributed by atoms with Crippen molar-refractivity contribution < 1.29 is 13.2 Å². The molecule has 0 aromatic heterocycles. The van der Waals surface area contributed by atoms with Crippen LogP contribution in [0.3, 0.4) is 0 Å². The number of hydrogen-bond acceptors (Lipinski definition) is 3. The minimum atomic E-state index is -3.77. The monoisotopic (exact) mass is 360 g/mol. The molecule has 0 radical (unpaired) electrons. The average molecular weight is 360 g/mol. The Kier molecular flexibility index (Phi) is 6.20. The van der Waals surface area contributed by atoms with Crippen molar-refractivity contribution in [2.45, 2.75) is 38.5 Å². The molecule has 0 aliphatic carbocycles. The quantitative estimate of drug-likeness (QED) is 0.740. The van der Waals surface area contributed by atoms with Crippen LogP contribution in [0.4, 0.5) is 5.69 Å². The maximum atomic E-state index is 12.7. The highest BCUT2D eigenvalue weighted by Crippen LogP contribution is 2.21. The molecule has 0 atom stereocenters. The van der Waals surface area contributed by atoms with Crippen molar-refractivity contribution in [3.05, 3.63) is 59.2 Å². The molecule has 0 aliphatic rings. The maximum absolute atomic E-state index is 12.7. The summed E-state index contributed by atoms with van der Waals surface area (Å²) >= 11 is 0. The van der Waals surface area contributed by atoms with Gasteiger partial charge >= 0.3 is 0 Å². The Morgan fingerprint density at radius 2 is 1.72 bits per heavy atom. The van der Waals surface area contributed by atoms with E-state index in [-0.39, 0.29) is 10.8 Å². The molecule has 6 heteroatoms. The summed E-state index contributed by atoms with van der Waals surface area (Å²) < 4.78 is 28.0. The van der Waals surface area contributed by atoms with Crippen LogP contribution in [0, 0.1) is 13.8 Å². The Morgan fingerprint density at radius 1 is 1.04 bits per heavy atom. The molecule has 2 rings (SSSR count). The summed E-state index contributed by atoms with van der Waals surface area (Å²) in [6.45, 7) is 6.26. The number of carbonyl (C=O) groups is 1. The molecule has 0 spiro atoms. The van der Waals surface area contributed by atoms with Crippen LogP contribution in [0.15, 0.2) is 47.4 Å². The van der Waals surface area contributed by atoms with Gasteiger partial charge in [0.25, 0.3) is 15.9 Å². The molecule has 0 bridgehead atoms. The van der Waals surface area contributed by atoms with Crippen molar-refractivity contribution >= 4 is 21.6 Å². The van der Waals surface area contributed by atoms with E-state index in [4.69, 9.17) is 0 Å². The standard InChI is InChI=1S/C19H24N2O3S/c1-4-5-12-20-19(22)16-9-8-15(3)18(13-16)25(23,24)21-17-10-6-14(2)7-11-17/h6-11,13,21H,4-5,12H2,1-3H3,(H,20,22). The lowest BCUT2D eigenvalue weighted by Crippen LogP contribution is -2.25. The van der Waals surface area contributed by atoms with Gasteiger partial charge in [-0.25, -0.2) is 8.42 Å². The van der Waals surface area contributed by atoms with E-state index < -0.39 is 10.0 Å². The molecular weight excluding hydrogens is 336 g/mol. The van der Waals surface area contributed by atoms with E-state index in [0.29, 0.717) is 23.4 Å². The predicted octanol–water partition coefficient (Wildman–Crippen LogP) is 3.63. The summed E-state index contributed by atoms with van der Waals surface area (Å²) in [6, 6.07) is 11.8. The number of sulfonamides is 1. The number of carbonyl (C=O) groups excluding carboxylic acids is 1. The van der Waals surface area contributed by atoms with Gasteiger partial charge in [-0.3, -0.25) is 9.52 Å². The molecule has 0 unspecified atom stereocenters. The van der Waals surface area contributed by atoms with E-state index in [1.54, 1.807) is 31.2 Å². The normalized spacial score (nSPS) is 11.2. The lowest BCUT2D eigenvalue weighted by molar-refractivity contribution is 0.0953. The van der Waals surface area contributed by atoms with Gasteiger partial charge in [-0.2, -0.15) is 0 Å². The van der Waals surface area contributed by atoms with E-state index in [2.05, 4.69) is 10.0 Å². The van der Waals surface area contributed by atoms with Crippen LogP contribution in [-0.2, 0) is 10.0 Å². The predicted molar refractivity (Wildman–Crippen MR) is 100 cm³/mol. The highest BCUT2D eigenvalue weighted by molar-refractivity contribution is 7.92. The Labute approximate surface area is 149 Å². The molecule has 25 heavy (non-hydrogen) atoms. The van der Waals surface area contributed by atoms with Crippen molar-refractivity contribution in [3.63, 3.8) is 0 Å². The Morgan fingerprint density at radius 3 is 2.36 bits per heavy atom. The van der Waals surface area contributed by atoms with Gasteiger partial charge < -0.3 is 5.32 Å². The minimum absolute atomic E-state index is 0.108. The van der Waals surface area contributed by atoms with E-state index in [9.17, 15) is 13.2 Å². The van der Waals surface area contributed by atoms with Crippen molar-refractivity contribution in [1.82, 2.24) is 5.32 Å². The summed E-state index contributed by atoms with van der Waals surface area (Å²) in [7, 11) is -3.77. The molecule has 134 valence electrons. The topological polar surface area (TPSA) is 75.3 Å². The zero-order valence-electron chi connectivity index (χ0n) is 14.8. The van der Waals surface area contributed by atoms with Gasteiger partial charge in [0, 0.05) is 17.8 Å². The maximum Gasteiger partial charge on any atom is 0.262 e. The van der Waals surface area contributed by atoms with Gasteiger partial charge in [-0.1, -0.05) is 37.1 Å². The fourth-order valence-corrected chi connectivity index (χ4v) is 3.67. The largest absolute Gasteiger partial charge is 0.352 e. The van der Waals surface area contributed by atoms with Crippen LogP contribution in [0.25, 0.3) is 0 Å². The lowest BCUT2D eigenvalue weighted by atomic mass is 10.1. The third-order valence-corrected chi connectivity index (χ3v) is 5.38. The molecule has 0 heterocycles. The fourth-order valence-electron chi connectivity index (χ4n) is 2.34. The van der Waals surface area contributed by atoms with Gasteiger partial charge in [0.1, 0.15) is 0 Å². The summed E-state index contributed by atoms with van der Waals surface area (Å²) in [5, 5.41) is 2.80. The number of amides is 1. The molecule has 5 nitrogen and oxygen atoms in total. The number of rotatable bonds is 7. The molecule has 2 aromatic carbocycles. The number of hydrogen-bond donors (Lipinski definition) is 2. The van der Waals surface area contributed by atoms with Crippen LogP contribution in [-0.4, -0.2) is 20.9 Å². The Balaban J connectivity index is 2.26. The van der Waals surface area contributed by atoms with E-state index in [0.717, 1.165) is 18.4 Å². The number of benzene rings is 2. The highest BCUT2D eigenvalue weighted by Gasteiger charge is 2.19. The number of anilines is 1. The number of nitrogens with one attached hydrogen (secondary N) is 2. The SMILES string of the molecule is CCCCNC(=O)c1ccc(C)c(S(=O)(=O)Nc2ccc(C)cc2)c1. The molecular formula is C19H24N2O3S. The van der Waals surface area contributed by atoms with Crippen LogP contribution >= 0.6 is 0 Å². The van der Waals surface area contributed by atoms with Gasteiger partial charge in [0.2, 0.25) is 0 Å². The van der Waals surface area contributed by atoms with Crippen molar-refractivity contribution in [3.8, 4) is 0 Å². The minimum Gasteiger partial charge on any atom is -0.352 e. The first-order valence-corrected chi connectivity index (χ1v) is 9.80. The number of unbranched alkanes of at least 4 members (excludes halogenated alkanes) is 1. The molecule has 0 aliphatic heterocycles. The second kappa shape index (κ2) is 8.16. The molecule has 0 fully saturated rings. The van der Waals surface area contributed by atoms with Crippen molar-refractivity contribution in [1.29, 1.82) is 0 Å². The van der Waals surface area contributed by atoms with Crippen LogP contribution in [0.2, 0.25) is 0 Å². The first-order valence-electron chi connectivity index (χ1n) is 8.32. The fraction of sp³-hybridized carbons (Fsp3) is 0.316. The molecule has 0 saturated heterocycles. The van der Waals surface area contributed by atoms with Crippen LogP contribution < -0.4 is 10.0 Å². The van der Waals surface area contributed by atoms with Gasteiger partial charge in [-0.15, -0.1) is 0 Å². The van der Waals surface area contributed by atoms with Crippen molar-refractivity contribution in [2.75, 3.05) is 11.3 Å². The third kappa shape index (κ3) is 5.06. The van der Waals surface area contributed by atoms with E-state index >= 15 is 0 Å². The highest BCUT2D eigenvalue weighted by atomic mass is 32.2. The summed E-state index contributed by atoms with van der Waals surface area (Å²) in [5.74, 6) is -0.264. The van der Waals surface area contributed by atoms with E-state index in [1.165, 1.54) is 6.07 Å². The van der Waals surface area contributed by atoms with Gasteiger partial charge in [0.15, 0.2) is 0 Å². The summed E-state index contributed by atoms with van der Waals surface area (Å²) in [4.78, 5) is 12.3. The second-order valence-corrected chi connectivity index (χ2v) is 7.71. The van der Waals surface area contributed by atoms with Crippen molar-refractivity contribution in [2.24, 2.45) is 0 Å². The molecule has 2 aromatic rings. The zero-order valence-corrected chi connectivity index (χ0v) is 15.6. The van der Waals surface area contributed by atoms with Crippen LogP contribution in [0.5, 0.6) is 0 Å². The van der Waals surface area contributed by atoms with Crippen LogP contribution in [0.1, 0.15) is 41.3 Å². The Bertz CT molecular complexity index is 843.